The van der Waals surface area contributed by atoms with Crippen molar-refractivity contribution in [3.05, 3.63) is 105 Å². The molecule has 3 aromatic carbocycles. The van der Waals surface area contributed by atoms with E-state index in [0.717, 1.165) is 27.3 Å². The Morgan fingerprint density at radius 2 is 1.73 bits per heavy atom. The number of carbonyl (C=O) groups is 2. The molecule has 0 aliphatic carbocycles. The number of nitrogens with one attached hydrogen (secondary N) is 1. The van der Waals surface area contributed by atoms with E-state index >= 15 is 0 Å². The third-order valence-electron chi connectivity index (χ3n) is 7.20. The predicted molar refractivity (Wildman–Crippen MR) is 138 cm³/mol. The first-order valence-corrected chi connectivity index (χ1v) is 12.9. The Morgan fingerprint density at radius 3 is 2.54 bits per heavy atom. The number of nitrogens with zero attached hydrogens (tertiary/aromatic N) is 1. The van der Waals surface area contributed by atoms with Crippen molar-refractivity contribution in [1.29, 1.82) is 0 Å². The second-order valence-corrected chi connectivity index (χ2v) is 10.3. The fourth-order valence-corrected chi connectivity index (χ4v) is 5.99. The van der Waals surface area contributed by atoms with Gasteiger partial charge in [0.05, 0.1) is 13.1 Å². The molecule has 1 spiro atoms. The zero-order valence-electron chi connectivity index (χ0n) is 19.7. The number of hydrogen-bond acceptors (Lipinski definition) is 6. The quantitative estimate of drug-likeness (QED) is 0.424. The molecule has 7 rings (SSSR count). The number of carbonyl (C=O) groups excluding carboxylic acids is 2. The van der Waals surface area contributed by atoms with Crippen LogP contribution in [0.3, 0.4) is 0 Å². The van der Waals surface area contributed by atoms with Crippen LogP contribution in [0.5, 0.6) is 17.2 Å². The summed E-state index contributed by atoms with van der Waals surface area (Å²) in [5.41, 5.74) is 3.16. The van der Waals surface area contributed by atoms with E-state index in [1.54, 1.807) is 23.5 Å². The molecule has 8 heteroatoms. The van der Waals surface area contributed by atoms with E-state index < -0.39 is 5.41 Å². The second-order valence-electron chi connectivity index (χ2n) is 9.26. The summed E-state index contributed by atoms with van der Waals surface area (Å²) in [6.45, 7) is 1.27. The number of benzene rings is 3. The average molecular weight is 511 g/mol. The molecule has 3 aliphatic heterocycles. The number of anilines is 1. The van der Waals surface area contributed by atoms with Gasteiger partial charge in [0, 0.05) is 27.8 Å². The third-order valence-corrected chi connectivity index (χ3v) is 8.08. The number of para-hydroxylation sites is 1. The van der Waals surface area contributed by atoms with Crippen LogP contribution in [0.15, 0.2) is 78.2 Å². The Hall–Kier alpha value is -4.30. The van der Waals surface area contributed by atoms with Crippen LogP contribution >= 0.6 is 11.3 Å². The van der Waals surface area contributed by atoms with Gasteiger partial charge in [-0.2, -0.15) is 0 Å². The van der Waals surface area contributed by atoms with Crippen LogP contribution in [-0.2, 0) is 23.3 Å². The molecule has 0 saturated heterocycles. The van der Waals surface area contributed by atoms with Crippen LogP contribution in [0.25, 0.3) is 0 Å². The molecule has 7 nitrogen and oxygen atoms in total. The number of fused-ring (bicyclic) bond motifs is 5. The van der Waals surface area contributed by atoms with Crippen molar-refractivity contribution in [3.8, 4) is 17.2 Å². The summed E-state index contributed by atoms with van der Waals surface area (Å²) in [5, 5.41) is 4.94. The van der Waals surface area contributed by atoms with Crippen molar-refractivity contribution in [3.63, 3.8) is 0 Å². The Labute approximate surface area is 217 Å². The van der Waals surface area contributed by atoms with E-state index in [1.165, 1.54) is 0 Å². The molecule has 1 atom stereocenters. The van der Waals surface area contributed by atoms with Crippen LogP contribution in [0.2, 0.25) is 0 Å². The lowest BCUT2D eigenvalue weighted by Crippen LogP contribution is -2.42. The first-order chi connectivity index (χ1) is 18.1. The van der Waals surface area contributed by atoms with Gasteiger partial charge in [0.15, 0.2) is 11.5 Å². The Kier molecular flexibility index (Phi) is 4.97. The molecule has 37 heavy (non-hydrogen) atoms. The molecule has 1 unspecified atom stereocenters. The largest absolute Gasteiger partial charge is 0.491 e. The van der Waals surface area contributed by atoms with Gasteiger partial charge in [0.25, 0.3) is 5.91 Å². The maximum atomic E-state index is 14.1. The molecule has 1 aromatic heterocycles. The van der Waals surface area contributed by atoms with Crippen molar-refractivity contribution in [2.24, 2.45) is 0 Å². The number of thiophene rings is 1. The first kappa shape index (κ1) is 21.9. The SMILES string of the molecule is O=C(NCc1cccs1)c1ccc(CN2C(=O)C3(COc4cc5c(cc43)OCO5)c3ccccc32)cc1. The van der Waals surface area contributed by atoms with Gasteiger partial charge in [-0.05, 0) is 46.8 Å². The lowest BCUT2D eigenvalue weighted by molar-refractivity contribution is -0.122. The smallest absolute Gasteiger partial charge is 0.251 e. The lowest BCUT2D eigenvalue weighted by Gasteiger charge is -2.23. The van der Waals surface area contributed by atoms with Crippen molar-refractivity contribution in [1.82, 2.24) is 5.32 Å². The molecule has 0 radical (unpaired) electrons. The minimum absolute atomic E-state index is 0.0379. The highest BCUT2D eigenvalue weighted by Crippen LogP contribution is 2.55. The first-order valence-electron chi connectivity index (χ1n) is 12.0. The Balaban J connectivity index is 1.16. The molecule has 184 valence electrons. The van der Waals surface area contributed by atoms with Crippen LogP contribution in [0, 0.1) is 0 Å². The van der Waals surface area contributed by atoms with Gasteiger partial charge in [0.1, 0.15) is 17.8 Å². The van der Waals surface area contributed by atoms with Gasteiger partial charge in [0.2, 0.25) is 12.7 Å². The normalized spacial score (nSPS) is 18.6. The van der Waals surface area contributed by atoms with E-state index in [4.69, 9.17) is 14.2 Å². The second kappa shape index (κ2) is 8.38. The zero-order valence-corrected chi connectivity index (χ0v) is 20.5. The van der Waals surface area contributed by atoms with E-state index in [0.29, 0.717) is 35.9 Å². The molecular weight excluding hydrogens is 488 g/mol. The lowest BCUT2D eigenvalue weighted by atomic mass is 9.77. The summed E-state index contributed by atoms with van der Waals surface area (Å²) in [5.74, 6) is 1.74. The van der Waals surface area contributed by atoms with Crippen molar-refractivity contribution in [2.45, 2.75) is 18.5 Å². The zero-order chi connectivity index (χ0) is 25.0. The minimum Gasteiger partial charge on any atom is -0.491 e. The van der Waals surface area contributed by atoms with Crippen LogP contribution in [0.1, 0.15) is 31.9 Å². The Bertz CT molecular complexity index is 1530. The van der Waals surface area contributed by atoms with Gasteiger partial charge in [-0.3, -0.25) is 9.59 Å². The number of amides is 2. The van der Waals surface area contributed by atoms with E-state index in [2.05, 4.69) is 5.32 Å². The molecule has 3 aliphatic rings. The average Bonchev–Trinajstić information content (AvgIpc) is 3.72. The molecule has 0 bridgehead atoms. The van der Waals surface area contributed by atoms with Gasteiger partial charge in [-0.1, -0.05) is 36.4 Å². The van der Waals surface area contributed by atoms with Gasteiger partial charge >= 0.3 is 0 Å². The third kappa shape index (κ3) is 3.40. The summed E-state index contributed by atoms with van der Waals surface area (Å²) in [6.07, 6.45) is 0. The minimum atomic E-state index is -0.936. The van der Waals surface area contributed by atoms with Gasteiger partial charge < -0.3 is 24.4 Å². The fraction of sp³-hybridized carbons (Fsp3) is 0.172. The topological polar surface area (TPSA) is 77.1 Å². The molecule has 4 heterocycles. The van der Waals surface area contributed by atoms with Gasteiger partial charge in [-0.25, -0.2) is 0 Å². The molecule has 2 amide bonds. The van der Waals surface area contributed by atoms with Crippen LogP contribution in [0.4, 0.5) is 5.69 Å². The number of hydrogen-bond donors (Lipinski definition) is 1. The summed E-state index contributed by atoms with van der Waals surface area (Å²) in [4.78, 5) is 29.6. The predicted octanol–water partition coefficient (Wildman–Crippen LogP) is 4.63. The summed E-state index contributed by atoms with van der Waals surface area (Å²) >= 11 is 1.61. The number of ether oxygens (including phenoxy) is 3. The fourth-order valence-electron chi connectivity index (χ4n) is 5.35. The molecule has 1 N–H and O–H groups in total. The highest BCUT2D eigenvalue weighted by Gasteiger charge is 2.57. The molecule has 0 saturated carbocycles. The number of rotatable bonds is 5. The Morgan fingerprint density at radius 1 is 0.919 bits per heavy atom. The van der Waals surface area contributed by atoms with Gasteiger partial charge in [-0.15, -0.1) is 11.3 Å². The summed E-state index contributed by atoms with van der Waals surface area (Å²) in [6, 6.07) is 22.9. The maximum Gasteiger partial charge on any atom is 0.251 e. The monoisotopic (exact) mass is 510 g/mol. The van der Waals surface area contributed by atoms with E-state index in [1.807, 2.05) is 70.9 Å². The van der Waals surface area contributed by atoms with Crippen molar-refractivity contribution < 1.29 is 23.8 Å². The van der Waals surface area contributed by atoms with Crippen molar-refractivity contribution in [2.75, 3.05) is 18.3 Å². The van der Waals surface area contributed by atoms with E-state index in [9.17, 15) is 9.59 Å². The standard InChI is InChI=1S/C29H22N2O5S/c32-27(30-14-20-4-3-11-37-20)19-9-7-18(8-10-19)15-31-23-6-2-1-5-21(23)29(28(31)33)16-34-24-13-26-25(12-22(24)29)35-17-36-26/h1-13H,14-17H2,(H,30,32). The highest BCUT2D eigenvalue weighted by molar-refractivity contribution is 7.09. The van der Waals surface area contributed by atoms with E-state index in [-0.39, 0.29) is 25.2 Å². The van der Waals surface area contributed by atoms with Crippen LogP contribution in [-0.4, -0.2) is 25.2 Å². The summed E-state index contributed by atoms with van der Waals surface area (Å²) in [7, 11) is 0. The van der Waals surface area contributed by atoms with Crippen LogP contribution < -0.4 is 24.4 Å². The highest BCUT2D eigenvalue weighted by atomic mass is 32.1. The van der Waals surface area contributed by atoms with Crippen molar-refractivity contribution >= 4 is 28.8 Å². The summed E-state index contributed by atoms with van der Waals surface area (Å²) < 4.78 is 17.2. The molecule has 4 aromatic rings. The molecule has 0 fully saturated rings. The maximum absolute atomic E-state index is 14.1. The molecular formula is C29H22N2O5S.